The van der Waals surface area contributed by atoms with E-state index in [2.05, 4.69) is 10.3 Å². The van der Waals surface area contributed by atoms with E-state index in [1.807, 2.05) is 42.4 Å². The van der Waals surface area contributed by atoms with Gasteiger partial charge in [-0.15, -0.1) is 0 Å². The van der Waals surface area contributed by atoms with Crippen LogP contribution in [0.25, 0.3) is 10.9 Å². The van der Waals surface area contributed by atoms with Crippen LogP contribution in [0.15, 0.2) is 30.5 Å². The number of nitrogens with zero attached hydrogens (tertiary/aromatic N) is 1. The summed E-state index contributed by atoms with van der Waals surface area (Å²) in [4.78, 5) is 17.0. The highest BCUT2D eigenvalue weighted by Gasteiger charge is 2.30. The van der Waals surface area contributed by atoms with E-state index in [1.165, 1.54) is 0 Å². The number of carbonyl (C=O) groups is 1. The van der Waals surface area contributed by atoms with Crippen molar-refractivity contribution in [3.05, 3.63) is 30.5 Å². The van der Waals surface area contributed by atoms with Gasteiger partial charge >= 0.3 is 0 Å². The molecule has 0 radical (unpaired) electrons. The number of hydrogen-bond acceptors (Lipinski definition) is 2. The largest absolute Gasteiger partial charge is 0.359 e. The Hall–Kier alpha value is -1.81. The molecule has 1 aliphatic heterocycles. The molecular formula is C13H15N3O. The van der Waals surface area contributed by atoms with Crippen molar-refractivity contribution >= 4 is 22.5 Å². The first-order valence-electron chi connectivity index (χ1n) is 5.83. The number of amides is 1. The maximum absolute atomic E-state index is 12.0. The zero-order valence-electron chi connectivity index (χ0n) is 9.73. The number of likely N-dealkylation sites (N-methyl/N-ethyl adjacent to an activating group) is 1. The first-order chi connectivity index (χ1) is 8.29. The normalized spacial score (nSPS) is 20.4. The van der Waals surface area contributed by atoms with Crippen molar-refractivity contribution < 1.29 is 4.79 Å². The first kappa shape index (κ1) is 10.4. The lowest BCUT2D eigenvalue weighted by Gasteiger charge is -2.15. The molecule has 0 aliphatic carbocycles. The van der Waals surface area contributed by atoms with Gasteiger partial charge in [0.25, 0.3) is 0 Å². The zero-order valence-corrected chi connectivity index (χ0v) is 9.73. The summed E-state index contributed by atoms with van der Waals surface area (Å²) in [6.07, 6.45) is 2.50. The molecule has 1 aromatic heterocycles. The summed E-state index contributed by atoms with van der Waals surface area (Å²) in [5, 5.41) is 4.27. The third-order valence-corrected chi connectivity index (χ3v) is 3.39. The Kier molecular flexibility index (Phi) is 2.37. The number of nitrogens with one attached hydrogen (secondary N) is 2. The molecule has 1 saturated heterocycles. The fraction of sp³-hybridized carbons (Fsp3) is 0.308. The first-order valence-corrected chi connectivity index (χ1v) is 5.83. The van der Waals surface area contributed by atoms with Gasteiger partial charge < -0.3 is 15.2 Å². The van der Waals surface area contributed by atoms with Gasteiger partial charge in [0, 0.05) is 36.1 Å². The Balaban J connectivity index is 2.02. The number of para-hydroxylation sites is 1. The van der Waals surface area contributed by atoms with E-state index in [9.17, 15) is 4.79 Å². The lowest BCUT2D eigenvalue weighted by Crippen LogP contribution is -2.30. The lowest BCUT2D eigenvalue weighted by atomic mass is 10.2. The molecule has 4 heteroatoms. The van der Waals surface area contributed by atoms with Gasteiger partial charge in [0.2, 0.25) is 5.91 Å². The summed E-state index contributed by atoms with van der Waals surface area (Å²) in [7, 11) is 1.90. The molecule has 1 fully saturated rings. The predicted molar refractivity (Wildman–Crippen MR) is 68.1 cm³/mol. The van der Waals surface area contributed by atoms with Crippen molar-refractivity contribution in [3.8, 4) is 0 Å². The van der Waals surface area contributed by atoms with E-state index in [4.69, 9.17) is 0 Å². The second-order valence-corrected chi connectivity index (χ2v) is 4.41. The van der Waals surface area contributed by atoms with Crippen LogP contribution in [0.3, 0.4) is 0 Å². The highest BCUT2D eigenvalue weighted by atomic mass is 16.2. The fourth-order valence-electron chi connectivity index (χ4n) is 2.41. The molecule has 1 atom stereocenters. The molecule has 2 N–H and O–H groups in total. The second kappa shape index (κ2) is 3.89. The molecule has 0 spiro atoms. The number of fused-ring (bicyclic) bond motifs is 1. The number of aromatic amines is 1. The lowest BCUT2D eigenvalue weighted by molar-refractivity contribution is -0.117. The summed E-state index contributed by atoms with van der Waals surface area (Å²) in [5.74, 6) is 0.189. The van der Waals surface area contributed by atoms with Gasteiger partial charge in [0.1, 0.15) is 0 Å². The molecule has 1 amide bonds. The zero-order chi connectivity index (χ0) is 11.8. The van der Waals surface area contributed by atoms with Crippen LogP contribution < -0.4 is 10.2 Å². The van der Waals surface area contributed by atoms with Crippen LogP contribution in [0.4, 0.5) is 5.69 Å². The average molecular weight is 229 g/mol. The number of rotatable bonds is 2. The summed E-state index contributed by atoms with van der Waals surface area (Å²) in [6.45, 7) is 0.747. The fourth-order valence-corrected chi connectivity index (χ4v) is 2.41. The van der Waals surface area contributed by atoms with Crippen molar-refractivity contribution in [3.63, 3.8) is 0 Å². The van der Waals surface area contributed by atoms with E-state index < -0.39 is 0 Å². The van der Waals surface area contributed by atoms with Crippen molar-refractivity contribution in [1.29, 1.82) is 0 Å². The highest BCUT2D eigenvalue weighted by molar-refractivity contribution is 6.04. The van der Waals surface area contributed by atoms with Crippen LogP contribution in [0.2, 0.25) is 0 Å². The molecule has 3 rings (SSSR count). The number of anilines is 1. The summed E-state index contributed by atoms with van der Waals surface area (Å²) in [5.41, 5.74) is 2.06. The highest BCUT2D eigenvalue weighted by Crippen LogP contribution is 2.29. The van der Waals surface area contributed by atoms with Crippen LogP contribution in [-0.2, 0) is 4.79 Å². The smallest absolute Gasteiger partial charge is 0.228 e. The molecule has 1 aliphatic rings. The average Bonchev–Trinajstić information content (AvgIpc) is 2.92. The Morgan fingerprint density at radius 1 is 1.41 bits per heavy atom. The number of hydrogen-bond donors (Lipinski definition) is 2. The summed E-state index contributed by atoms with van der Waals surface area (Å²) < 4.78 is 0. The van der Waals surface area contributed by atoms with Crippen LogP contribution in [0.1, 0.15) is 6.42 Å². The molecule has 4 nitrogen and oxygen atoms in total. The van der Waals surface area contributed by atoms with Crippen LogP contribution in [0, 0.1) is 0 Å². The quantitative estimate of drug-likeness (QED) is 0.819. The van der Waals surface area contributed by atoms with Crippen LogP contribution >= 0.6 is 0 Å². The second-order valence-electron chi connectivity index (χ2n) is 4.41. The van der Waals surface area contributed by atoms with Gasteiger partial charge in [-0.2, -0.15) is 0 Å². The maximum atomic E-state index is 12.0. The van der Waals surface area contributed by atoms with E-state index in [-0.39, 0.29) is 11.9 Å². The van der Waals surface area contributed by atoms with E-state index in [0.717, 1.165) is 23.1 Å². The van der Waals surface area contributed by atoms with Crippen LogP contribution in [0.5, 0.6) is 0 Å². The monoisotopic (exact) mass is 229 g/mol. The number of benzene rings is 1. The van der Waals surface area contributed by atoms with Crippen LogP contribution in [-0.4, -0.2) is 30.5 Å². The third-order valence-electron chi connectivity index (χ3n) is 3.39. The minimum absolute atomic E-state index is 0.189. The summed E-state index contributed by atoms with van der Waals surface area (Å²) >= 11 is 0. The Morgan fingerprint density at radius 2 is 2.24 bits per heavy atom. The molecule has 1 aromatic carbocycles. The molecule has 2 aromatic rings. The Labute approximate surface area is 99.6 Å². The SMILES string of the molecule is CNC1CC(=O)N(c2c[nH]c3ccccc23)C1. The molecular weight excluding hydrogens is 214 g/mol. The van der Waals surface area contributed by atoms with E-state index >= 15 is 0 Å². The number of aromatic nitrogens is 1. The molecule has 88 valence electrons. The molecule has 2 heterocycles. The van der Waals surface area contributed by atoms with Gasteiger partial charge in [0.15, 0.2) is 0 Å². The minimum Gasteiger partial charge on any atom is -0.359 e. The topological polar surface area (TPSA) is 48.1 Å². The van der Waals surface area contributed by atoms with Crippen molar-refractivity contribution in [1.82, 2.24) is 10.3 Å². The number of carbonyl (C=O) groups excluding carboxylic acids is 1. The van der Waals surface area contributed by atoms with Gasteiger partial charge in [0.05, 0.1) is 5.69 Å². The molecule has 0 saturated carbocycles. The third kappa shape index (κ3) is 1.61. The Morgan fingerprint density at radius 3 is 3.00 bits per heavy atom. The Bertz CT molecular complexity index is 561. The van der Waals surface area contributed by atoms with E-state index in [0.29, 0.717) is 6.42 Å². The maximum Gasteiger partial charge on any atom is 0.228 e. The van der Waals surface area contributed by atoms with Crippen molar-refractivity contribution in [2.45, 2.75) is 12.5 Å². The van der Waals surface area contributed by atoms with Gasteiger partial charge in [-0.3, -0.25) is 4.79 Å². The number of H-pyrrole nitrogens is 1. The van der Waals surface area contributed by atoms with Crippen molar-refractivity contribution in [2.75, 3.05) is 18.5 Å². The van der Waals surface area contributed by atoms with Gasteiger partial charge in [-0.25, -0.2) is 0 Å². The standard InChI is InChI=1S/C13H15N3O/c1-14-9-6-13(17)16(8-9)12-7-15-11-5-3-2-4-10(11)12/h2-5,7,9,14-15H,6,8H2,1H3. The summed E-state index contributed by atoms with van der Waals surface area (Å²) in [6, 6.07) is 8.31. The van der Waals surface area contributed by atoms with E-state index in [1.54, 1.807) is 0 Å². The van der Waals surface area contributed by atoms with Gasteiger partial charge in [-0.1, -0.05) is 18.2 Å². The molecule has 17 heavy (non-hydrogen) atoms. The molecule has 0 bridgehead atoms. The predicted octanol–water partition coefficient (Wildman–Crippen LogP) is 1.49. The van der Waals surface area contributed by atoms with Gasteiger partial charge in [-0.05, 0) is 13.1 Å². The minimum atomic E-state index is 0.189. The molecule has 1 unspecified atom stereocenters. The van der Waals surface area contributed by atoms with Crippen molar-refractivity contribution in [2.24, 2.45) is 0 Å².